The number of carbonyl (C=O) groups excluding carboxylic acids is 1. The molecule has 4 rings (SSSR count). The van der Waals surface area contributed by atoms with E-state index in [1.807, 2.05) is 4.90 Å². The van der Waals surface area contributed by atoms with Crippen molar-refractivity contribution in [2.75, 3.05) is 26.2 Å². The van der Waals surface area contributed by atoms with Gasteiger partial charge in [0.1, 0.15) is 0 Å². The highest BCUT2D eigenvalue weighted by Gasteiger charge is 2.42. The summed E-state index contributed by atoms with van der Waals surface area (Å²) in [5.74, 6) is -1.12. The summed E-state index contributed by atoms with van der Waals surface area (Å²) < 4.78 is 1.15. The third-order valence-corrected chi connectivity index (χ3v) is 6.12. The van der Waals surface area contributed by atoms with E-state index >= 15 is 0 Å². The second-order valence-electron chi connectivity index (χ2n) is 8.17. The fourth-order valence-corrected chi connectivity index (χ4v) is 4.45. The van der Waals surface area contributed by atoms with Crippen LogP contribution < -0.4 is 0 Å². The van der Waals surface area contributed by atoms with Gasteiger partial charge < -0.3 is 10.0 Å². The minimum atomic E-state index is -1.12. The Morgan fingerprint density at radius 2 is 1.89 bits per heavy atom. The number of carboxylic acid groups (broad SMARTS) is 1. The molecule has 1 aromatic heterocycles. The molecule has 2 fully saturated rings. The molecule has 2 aliphatic heterocycles. The lowest BCUT2D eigenvalue weighted by molar-refractivity contribution is 0.0690. The van der Waals surface area contributed by atoms with Crippen molar-refractivity contribution in [3.05, 3.63) is 53.3 Å². The van der Waals surface area contributed by atoms with E-state index in [0.717, 1.165) is 50.1 Å². The molecule has 0 atom stereocenters. The summed E-state index contributed by atoms with van der Waals surface area (Å²) in [7, 11) is 0. The molecule has 3 heterocycles. The maximum atomic E-state index is 12.7. The first-order valence-electron chi connectivity index (χ1n) is 9.80. The summed E-state index contributed by atoms with van der Waals surface area (Å²) in [6.07, 6.45) is 4.61. The molecule has 2 saturated heterocycles. The summed E-state index contributed by atoms with van der Waals surface area (Å²) in [5.41, 5.74) is 2.72. The molecule has 2 aliphatic rings. The van der Waals surface area contributed by atoms with E-state index in [4.69, 9.17) is 5.11 Å². The van der Waals surface area contributed by atoms with Crippen LogP contribution in [0.15, 0.2) is 36.5 Å². The first-order valence-corrected chi connectivity index (χ1v) is 9.80. The number of carboxylic acids is 1. The van der Waals surface area contributed by atoms with Gasteiger partial charge in [-0.05, 0) is 56.3 Å². The van der Waals surface area contributed by atoms with E-state index in [1.54, 1.807) is 0 Å². The largest absolute Gasteiger partial charge is 0.476 e. The van der Waals surface area contributed by atoms with Crippen LogP contribution in [0.2, 0.25) is 0 Å². The van der Waals surface area contributed by atoms with Crippen molar-refractivity contribution in [3.63, 3.8) is 0 Å². The molecule has 28 heavy (non-hydrogen) atoms. The predicted octanol–water partition coefficient (Wildman–Crippen LogP) is 2.85. The van der Waals surface area contributed by atoms with Crippen molar-refractivity contribution in [2.24, 2.45) is 5.41 Å². The van der Waals surface area contributed by atoms with Gasteiger partial charge >= 0.3 is 12.0 Å². The number of amides is 1. The molecule has 1 N–H and O–H groups in total. The van der Waals surface area contributed by atoms with Crippen molar-refractivity contribution in [1.82, 2.24) is 19.6 Å². The van der Waals surface area contributed by atoms with Gasteiger partial charge in [-0.3, -0.25) is 4.90 Å². The third-order valence-electron chi connectivity index (χ3n) is 6.12. The molecule has 1 amide bonds. The number of likely N-dealkylation sites (tertiary alicyclic amines) is 2. The molecule has 0 radical (unpaired) electrons. The first kappa shape index (κ1) is 18.7. The predicted molar refractivity (Wildman–Crippen MR) is 104 cm³/mol. The van der Waals surface area contributed by atoms with Crippen LogP contribution in [-0.4, -0.2) is 62.9 Å². The normalized spacial score (nSPS) is 19.2. The van der Waals surface area contributed by atoms with Crippen molar-refractivity contribution in [3.8, 4) is 0 Å². The number of carbonyl (C=O) groups is 2. The summed E-state index contributed by atoms with van der Waals surface area (Å²) >= 11 is 0. The number of rotatable bonds is 3. The monoisotopic (exact) mass is 382 g/mol. The van der Waals surface area contributed by atoms with Crippen molar-refractivity contribution in [2.45, 2.75) is 32.7 Å². The minimum absolute atomic E-state index is 0.105. The minimum Gasteiger partial charge on any atom is -0.476 e. The zero-order valence-corrected chi connectivity index (χ0v) is 16.2. The third kappa shape index (κ3) is 3.80. The average molecular weight is 382 g/mol. The molecule has 1 aromatic carbocycles. The lowest BCUT2D eigenvalue weighted by Gasteiger charge is -2.39. The number of aromatic carboxylic acids is 1. The van der Waals surface area contributed by atoms with E-state index in [-0.39, 0.29) is 17.1 Å². The fourth-order valence-electron chi connectivity index (χ4n) is 4.45. The Morgan fingerprint density at radius 1 is 1.14 bits per heavy atom. The van der Waals surface area contributed by atoms with Gasteiger partial charge in [-0.15, -0.1) is 0 Å². The Labute approximate surface area is 164 Å². The average Bonchev–Trinajstić information content (AvgIpc) is 3.32. The number of hydrogen-bond acceptors (Lipinski definition) is 4. The quantitative estimate of drug-likeness (QED) is 0.883. The molecular weight excluding hydrogens is 356 g/mol. The number of hydrogen-bond donors (Lipinski definition) is 1. The topological polar surface area (TPSA) is 78.7 Å². The lowest BCUT2D eigenvalue weighted by atomic mass is 9.77. The second-order valence-corrected chi connectivity index (χ2v) is 8.17. The van der Waals surface area contributed by atoms with E-state index < -0.39 is 5.97 Å². The molecule has 7 nitrogen and oxygen atoms in total. The van der Waals surface area contributed by atoms with Crippen LogP contribution in [0.25, 0.3) is 0 Å². The molecule has 0 aliphatic carbocycles. The van der Waals surface area contributed by atoms with Crippen molar-refractivity contribution in [1.29, 1.82) is 0 Å². The second kappa shape index (κ2) is 7.39. The number of benzene rings is 1. The summed E-state index contributed by atoms with van der Waals surface area (Å²) in [5, 5.41) is 12.9. The molecular formula is C21H26N4O3. The number of aryl methyl sites for hydroxylation is 1. The smallest absolute Gasteiger partial charge is 0.356 e. The first-order chi connectivity index (χ1) is 13.4. The Morgan fingerprint density at radius 3 is 2.57 bits per heavy atom. The van der Waals surface area contributed by atoms with Gasteiger partial charge in [0.05, 0.1) is 0 Å². The number of piperidine rings is 1. The molecule has 0 unspecified atom stereocenters. The Kier molecular flexibility index (Phi) is 4.93. The lowest BCUT2D eigenvalue weighted by Crippen LogP contribution is -2.42. The SMILES string of the molecule is Cc1cccc(CN2CCC3(CC2)CCN(C(=O)n2ccc(C(=O)O)n2)C3)c1. The Hall–Kier alpha value is -2.67. The van der Waals surface area contributed by atoms with Gasteiger partial charge in [-0.25, -0.2) is 9.59 Å². The highest BCUT2D eigenvalue weighted by Crippen LogP contribution is 2.40. The summed E-state index contributed by atoms with van der Waals surface area (Å²) in [6.45, 7) is 6.62. The van der Waals surface area contributed by atoms with E-state index in [0.29, 0.717) is 6.54 Å². The number of nitrogens with zero attached hydrogens (tertiary/aromatic N) is 4. The van der Waals surface area contributed by atoms with Crippen LogP contribution in [0, 0.1) is 12.3 Å². The van der Waals surface area contributed by atoms with Crippen LogP contribution in [0.4, 0.5) is 4.79 Å². The van der Waals surface area contributed by atoms with Gasteiger partial charge in [-0.2, -0.15) is 9.78 Å². The van der Waals surface area contributed by atoms with Crippen LogP contribution in [0.3, 0.4) is 0 Å². The molecule has 0 saturated carbocycles. The summed E-state index contributed by atoms with van der Waals surface area (Å²) in [4.78, 5) is 28.0. The Balaban J connectivity index is 1.33. The van der Waals surface area contributed by atoms with Gasteiger partial charge in [0, 0.05) is 25.8 Å². The highest BCUT2D eigenvalue weighted by atomic mass is 16.4. The zero-order chi connectivity index (χ0) is 19.7. The van der Waals surface area contributed by atoms with E-state index in [2.05, 4.69) is 41.2 Å². The molecule has 148 valence electrons. The van der Waals surface area contributed by atoms with E-state index in [9.17, 15) is 9.59 Å². The van der Waals surface area contributed by atoms with Crippen molar-refractivity contribution >= 4 is 12.0 Å². The van der Waals surface area contributed by atoms with Gasteiger partial charge in [0.15, 0.2) is 5.69 Å². The maximum Gasteiger partial charge on any atom is 0.356 e. The van der Waals surface area contributed by atoms with Crippen molar-refractivity contribution < 1.29 is 14.7 Å². The van der Waals surface area contributed by atoms with E-state index in [1.165, 1.54) is 23.4 Å². The Bertz CT molecular complexity index is 883. The van der Waals surface area contributed by atoms with Crippen LogP contribution in [-0.2, 0) is 6.54 Å². The van der Waals surface area contributed by atoms with Gasteiger partial charge in [0.25, 0.3) is 0 Å². The number of aromatic nitrogens is 2. The van der Waals surface area contributed by atoms with Crippen LogP contribution in [0.5, 0.6) is 0 Å². The molecule has 7 heteroatoms. The zero-order valence-electron chi connectivity index (χ0n) is 16.2. The fraction of sp³-hybridized carbons (Fsp3) is 0.476. The van der Waals surface area contributed by atoms with Crippen LogP contribution in [0.1, 0.15) is 40.9 Å². The molecule has 0 bridgehead atoms. The van der Waals surface area contributed by atoms with Crippen LogP contribution >= 0.6 is 0 Å². The standard InChI is InChI=1S/C21H26N4O3/c1-16-3-2-4-17(13-16)14-23-10-6-21(7-11-23)8-12-24(15-21)20(28)25-9-5-18(22-25)19(26)27/h2-5,9,13H,6-8,10-12,14-15H2,1H3,(H,26,27). The molecule has 2 aromatic rings. The van der Waals surface area contributed by atoms with Gasteiger partial charge in [0.2, 0.25) is 0 Å². The maximum absolute atomic E-state index is 12.7. The molecule has 1 spiro atoms. The highest BCUT2D eigenvalue weighted by molar-refractivity contribution is 5.86. The summed E-state index contributed by atoms with van der Waals surface area (Å²) in [6, 6.07) is 9.79. The van der Waals surface area contributed by atoms with Gasteiger partial charge in [-0.1, -0.05) is 29.8 Å².